The van der Waals surface area contributed by atoms with E-state index < -0.39 is 0 Å². The number of rotatable bonds is 8. The van der Waals surface area contributed by atoms with E-state index in [2.05, 4.69) is 12.1 Å². The van der Waals surface area contributed by atoms with Crippen molar-refractivity contribution in [1.82, 2.24) is 9.90 Å². The highest BCUT2D eigenvalue weighted by Crippen LogP contribution is 2.25. The fourth-order valence-electron chi connectivity index (χ4n) is 3.52. The van der Waals surface area contributed by atoms with Gasteiger partial charge in [0.2, 0.25) is 23.0 Å². The monoisotopic (exact) mass is 375 g/mol. The Morgan fingerprint density at radius 3 is 2.15 bits per heavy atom. The van der Waals surface area contributed by atoms with E-state index in [4.69, 9.17) is 0 Å². The van der Waals surface area contributed by atoms with Crippen LogP contribution < -0.4 is 17.1 Å². The zero-order valence-electron chi connectivity index (χ0n) is 15.5. The minimum Gasteiger partial charge on any atom is -1.00 e. The van der Waals surface area contributed by atoms with E-state index in [-0.39, 0.29) is 24.0 Å². The first-order valence-electron chi connectivity index (χ1n) is 9.30. The van der Waals surface area contributed by atoms with E-state index in [0.717, 1.165) is 12.8 Å². The minimum atomic E-state index is -0.112. The molecule has 5 nitrogen and oxygen atoms in total. The zero-order chi connectivity index (χ0) is 17.8. The van der Waals surface area contributed by atoms with Gasteiger partial charge in [-0.15, -0.1) is 9.36 Å². The van der Waals surface area contributed by atoms with Gasteiger partial charge in [0.05, 0.1) is 5.21 Å². The average Bonchev–Trinajstić information content (AvgIpc) is 2.95. The second-order valence-electron chi connectivity index (χ2n) is 6.76. The smallest absolute Gasteiger partial charge is 0.249 e. The molecule has 0 radical (unpaired) electrons. The molecule has 140 valence electrons. The summed E-state index contributed by atoms with van der Waals surface area (Å²) in [4.78, 5) is 25.6. The molecule has 0 amide bonds. The maximum absolute atomic E-state index is 12.9. The molecule has 0 saturated carbocycles. The lowest BCUT2D eigenvalue weighted by Crippen LogP contribution is -3.00. The summed E-state index contributed by atoms with van der Waals surface area (Å²) in [5, 5.41) is 4.42. The van der Waals surface area contributed by atoms with E-state index in [1.165, 1.54) is 32.1 Å². The number of aromatic nitrogens is 3. The number of ketones is 2. The fraction of sp³-hybridized carbons (Fsp3) is 0.500. The van der Waals surface area contributed by atoms with Crippen LogP contribution >= 0.6 is 0 Å². The Bertz CT molecular complexity index is 798. The number of halogens is 1. The molecule has 0 atom stereocenters. The highest BCUT2D eigenvalue weighted by Gasteiger charge is 2.41. The van der Waals surface area contributed by atoms with E-state index in [1.807, 2.05) is 0 Å². The van der Waals surface area contributed by atoms with E-state index in [0.29, 0.717) is 29.1 Å². The Hall–Kier alpha value is -2.01. The van der Waals surface area contributed by atoms with Gasteiger partial charge >= 0.3 is 0 Å². The van der Waals surface area contributed by atoms with Gasteiger partial charge in [-0.3, -0.25) is 9.59 Å². The van der Waals surface area contributed by atoms with Crippen molar-refractivity contribution in [1.29, 1.82) is 0 Å². The molecule has 1 heterocycles. The van der Waals surface area contributed by atoms with Gasteiger partial charge in [-0.2, -0.15) is 0 Å². The molecule has 0 N–H and O–H groups in total. The van der Waals surface area contributed by atoms with Crippen LogP contribution in [0.15, 0.2) is 24.3 Å². The predicted molar refractivity (Wildman–Crippen MR) is 94.7 cm³/mol. The Morgan fingerprint density at radius 1 is 0.923 bits per heavy atom. The standard InChI is InChI=1S/C20H26N3O2.ClH/c1-3-4-5-6-7-8-11-14-23-18-17(22(2)21-23)19(24)15-12-9-10-13-16(15)20(18)25;/h9-10,12-13H,3-8,11,14H2,1-2H3;1H/q+1;/p-1. The zero-order valence-corrected chi connectivity index (χ0v) is 16.3. The van der Waals surface area contributed by atoms with Gasteiger partial charge < -0.3 is 12.4 Å². The molecule has 26 heavy (non-hydrogen) atoms. The van der Waals surface area contributed by atoms with Crippen LogP contribution in [0.1, 0.15) is 84.0 Å². The van der Waals surface area contributed by atoms with Crippen molar-refractivity contribution in [3.63, 3.8) is 0 Å². The van der Waals surface area contributed by atoms with Crippen molar-refractivity contribution in [3.05, 3.63) is 46.8 Å². The van der Waals surface area contributed by atoms with E-state index in [9.17, 15) is 9.59 Å². The molecule has 0 fully saturated rings. The van der Waals surface area contributed by atoms with Crippen LogP contribution in [0.4, 0.5) is 0 Å². The largest absolute Gasteiger partial charge is 1.00 e. The molecule has 0 unspecified atom stereocenters. The number of benzene rings is 1. The normalized spacial score (nSPS) is 12.5. The molecule has 0 saturated heterocycles. The highest BCUT2D eigenvalue weighted by atomic mass is 35.5. The Balaban J connectivity index is 0.00000243. The van der Waals surface area contributed by atoms with Gasteiger partial charge in [-0.1, -0.05) is 63.3 Å². The first-order chi connectivity index (χ1) is 12.1. The molecular weight excluding hydrogens is 350 g/mol. The van der Waals surface area contributed by atoms with E-state index in [1.54, 1.807) is 40.7 Å². The number of hydrogen-bond donors (Lipinski definition) is 0. The number of carbonyl (C=O) groups excluding carboxylic acids is 2. The fourth-order valence-corrected chi connectivity index (χ4v) is 3.52. The second kappa shape index (κ2) is 9.08. The summed E-state index contributed by atoms with van der Waals surface area (Å²) in [6.45, 7) is 2.90. The second-order valence-corrected chi connectivity index (χ2v) is 6.76. The lowest BCUT2D eigenvalue weighted by Gasteiger charge is -2.11. The van der Waals surface area contributed by atoms with Gasteiger partial charge in [0.1, 0.15) is 13.6 Å². The van der Waals surface area contributed by atoms with Crippen molar-refractivity contribution in [2.24, 2.45) is 7.05 Å². The van der Waals surface area contributed by atoms with Crippen molar-refractivity contribution < 1.29 is 26.7 Å². The molecule has 0 aliphatic heterocycles. The summed E-state index contributed by atoms with van der Waals surface area (Å²) in [5.74, 6) is -0.209. The van der Waals surface area contributed by atoms with Gasteiger partial charge in [0.15, 0.2) is 0 Å². The maximum Gasteiger partial charge on any atom is 0.249 e. The number of unbranched alkanes of at least 4 members (excludes halogenated alkanes) is 6. The highest BCUT2D eigenvalue weighted by molar-refractivity contribution is 6.26. The Morgan fingerprint density at radius 2 is 1.50 bits per heavy atom. The molecule has 0 bridgehead atoms. The molecule has 0 spiro atoms. The Labute approximate surface area is 160 Å². The van der Waals surface area contributed by atoms with Crippen molar-refractivity contribution in [2.75, 3.05) is 0 Å². The summed E-state index contributed by atoms with van der Waals surface area (Å²) in [7, 11) is 1.74. The molecule has 1 aromatic heterocycles. The summed E-state index contributed by atoms with van der Waals surface area (Å²) < 4.78 is 3.27. The Kier molecular flexibility index (Phi) is 7.09. The first kappa shape index (κ1) is 20.3. The van der Waals surface area contributed by atoms with Crippen LogP contribution in [0.3, 0.4) is 0 Å². The average molecular weight is 376 g/mol. The molecule has 3 rings (SSSR count). The third kappa shape index (κ3) is 3.88. The number of fused-ring (bicyclic) bond motifs is 2. The lowest BCUT2D eigenvalue weighted by molar-refractivity contribution is -0.733. The molecule has 1 aliphatic carbocycles. The summed E-state index contributed by atoms with van der Waals surface area (Å²) in [6.07, 6.45) is 8.44. The van der Waals surface area contributed by atoms with E-state index >= 15 is 0 Å². The summed E-state index contributed by atoms with van der Waals surface area (Å²) in [5.41, 5.74) is 1.82. The number of aryl methyl sites for hydroxylation is 2. The van der Waals surface area contributed by atoms with Gasteiger partial charge in [-0.05, 0) is 12.8 Å². The van der Waals surface area contributed by atoms with Crippen LogP contribution in [0.25, 0.3) is 0 Å². The molecular formula is C20H26ClN3O2. The first-order valence-corrected chi connectivity index (χ1v) is 9.30. The van der Waals surface area contributed by atoms with Crippen LogP contribution in [-0.4, -0.2) is 21.5 Å². The third-order valence-corrected chi connectivity index (χ3v) is 4.87. The van der Waals surface area contributed by atoms with Crippen LogP contribution in [-0.2, 0) is 13.6 Å². The number of carbonyl (C=O) groups is 2. The number of nitrogens with zero attached hydrogens (tertiary/aromatic N) is 3. The van der Waals surface area contributed by atoms with Gasteiger partial charge in [0.25, 0.3) is 0 Å². The predicted octanol–water partition coefficient (Wildman–Crippen LogP) is 0.238. The minimum absolute atomic E-state index is 0. The van der Waals surface area contributed by atoms with Gasteiger partial charge in [0, 0.05) is 11.1 Å². The van der Waals surface area contributed by atoms with Crippen LogP contribution in [0.2, 0.25) is 0 Å². The third-order valence-electron chi connectivity index (χ3n) is 4.87. The molecule has 6 heteroatoms. The SMILES string of the molecule is CCCCCCCCCn1n[n+](C)c2c1C(=O)c1ccccc1C2=O.[Cl-]. The molecule has 1 aliphatic rings. The molecule has 1 aromatic carbocycles. The van der Waals surface area contributed by atoms with Crippen LogP contribution in [0.5, 0.6) is 0 Å². The topological polar surface area (TPSA) is 55.8 Å². The quantitative estimate of drug-likeness (QED) is 0.418. The van der Waals surface area contributed by atoms with Crippen molar-refractivity contribution in [3.8, 4) is 0 Å². The van der Waals surface area contributed by atoms with Gasteiger partial charge in [-0.25, -0.2) is 0 Å². The molecule has 2 aromatic rings. The summed E-state index contributed by atoms with van der Waals surface area (Å²) >= 11 is 0. The van der Waals surface area contributed by atoms with Crippen molar-refractivity contribution in [2.45, 2.75) is 58.4 Å². The lowest BCUT2D eigenvalue weighted by atomic mass is 9.90. The summed E-state index contributed by atoms with van der Waals surface area (Å²) in [6, 6.07) is 7.03. The maximum atomic E-state index is 12.9. The van der Waals surface area contributed by atoms with Crippen LogP contribution in [0, 0.1) is 0 Å². The van der Waals surface area contributed by atoms with Crippen molar-refractivity contribution >= 4 is 11.6 Å². The number of hydrogen-bond acceptors (Lipinski definition) is 3.